The number of hydrogen-bond donors (Lipinski definition) is 1. The van der Waals surface area contributed by atoms with Crippen LogP contribution >= 0.6 is 11.6 Å². The Bertz CT molecular complexity index is 1260. The third-order valence-corrected chi connectivity index (χ3v) is 6.45. The molecule has 1 aliphatic heterocycles. The molecule has 184 valence electrons. The summed E-state index contributed by atoms with van der Waals surface area (Å²) in [6.45, 7) is 3.98. The lowest BCUT2D eigenvalue weighted by Crippen LogP contribution is -2.45. The average molecular weight is 504 g/mol. The summed E-state index contributed by atoms with van der Waals surface area (Å²) in [6, 6.07) is 15.1. The summed E-state index contributed by atoms with van der Waals surface area (Å²) in [6.07, 6.45) is -3.08. The Morgan fingerprint density at radius 1 is 1.06 bits per heavy atom. The van der Waals surface area contributed by atoms with Crippen molar-refractivity contribution in [1.82, 2.24) is 14.8 Å². The van der Waals surface area contributed by atoms with Gasteiger partial charge in [0, 0.05) is 42.1 Å². The van der Waals surface area contributed by atoms with Gasteiger partial charge in [-0.15, -0.1) is 0 Å². The molecule has 0 unspecified atom stereocenters. The van der Waals surface area contributed by atoms with Crippen LogP contribution in [0.5, 0.6) is 0 Å². The van der Waals surface area contributed by atoms with E-state index in [1.165, 1.54) is 18.2 Å². The number of carbonyl (C=O) groups is 1. The van der Waals surface area contributed by atoms with Crippen molar-refractivity contribution in [1.29, 1.82) is 0 Å². The number of carbonyl (C=O) groups excluding carboxylic acids is 1. The Morgan fingerprint density at radius 3 is 2.40 bits per heavy atom. The minimum atomic E-state index is -4.54. The van der Waals surface area contributed by atoms with E-state index in [0.717, 1.165) is 54.7 Å². The van der Waals surface area contributed by atoms with Crippen molar-refractivity contribution in [3.8, 4) is 5.69 Å². The second-order valence-corrected chi connectivity index (χ2v) is 9.16. The number of piperidine rings is 1. The standard InChI is InChI=1S/C26H25ClF3N3O2/c1-17-5-10-23(25(35)33(17)22-4-2-3-19(15-22)26(28,29)30)24(34)31-21-11-13-32(14-12-21)16-18-6-8-20(27)9-7-18/h2-10,15,21H,11-14,16H2,1H3,(H,31,34). The molecular formula is C26H25ClF3N3O2. The number of halogens is 4. The summed E-state index contributed by atoms with van der Waals surface area (Å²) in [7, 11) is 0. The van der Waals surface area contributed by atoms with Gasteiger partial charge in [0.2, 0.25) is 0 Å². The third-order valence-electron chi connectivity index (χ3n) is 6.20. The minimum Gasteiger partial charge on any atom is -0.349 e. The summed E-state index contributed by atoms with van der Waals surface area (Å²) >= 11 is 5.94. The lowest BCUT2D eigenvalue weighted by Gasteiger charge is -2.32. The molecule has 1 aromatic heterocycles. The zero-order chi connectivity index (χ0) is 25.2. The minimum absolute atomic E-state index is 0.0625. The summed E-state index contributed by atoms with van der Waals surface area (Å²) < 4.78 is 40.6. The third kappa shape index (κ3) is 5.94. The SMILES string of the molecule is Cc1ccc(C(=O)NC2CCN(Cc3ccc(Cl)cc3)CC2)c(=O)n1-c1cccc(C(F)(F)F)c1. The smallest absolute Gasteiger partial charge is 0.349 e. The molecule has 0 bridgehead atoms. The fourth-order valence-electron chi connectivity index (χ4n) is 4.29. The number of nitrogens with one attached hydrogen (secondary N) is 1. The Labute approximate surface area is 206 Å². The maximum Gasteiger partial charge on any atom is 0.416 e. The Morgan fingerprint density at radius 2 is 1.74 bits per heavy atom. The topological polar surface area (TPSA) is 54.3 Å². The van der Waals surface area contributed by atoms with Crippen LogP contribution in [0.2, 0.25) is 5.02 Å². The van der Waals surface area contributed by atoms with E-state index in [2.05, 4.69) is 10.2 Å². The Hall–Kier alpha value is -3.10. The van der Waals surface area contributed by atoms with Crippen LogP contribution < -0.4 is 10.9 Å². The monoisotopic (exact) mass is 503 g/mol. The van der Waals surface area contributed by atoms with Gasteiger partial charge in [-0.05, 0) is 67.8 Å². The van der Waals surface area contributed by atoms with Crippen LogP contribution in [-0.4, -0.2) is 34.5 Å². The average Bonchev–Trinajstić information content (AvgIpc) is 2.81. The molecule has 0 atom stereocenters. The molecule has 1 amide bonds. The van der Waals surface area contributed by atoms with Crippen LogP contribution in [0.3, 0.4) is 0 Å². The van der Waals surface area contributed by atoms with Gasteiger partial charge in [0.25, 0.3) is 11.5 Å². The highest BCUT2D eigenvalue weighted by atomic mass is 35.5. The molecule has 0 spiro atoms. The van der Waals surface area contributed by atoms with Gasteiger partial charge in [0.1, 0.15) is 5.56 Å². The van der Waals surface area contributed by atoms with Gasteiger partial charge in [-0.3, -0.25) is 19.1 Å². The second-order valence-electron chi connectivity index (χ2n) is 8.73. The first-order valence-corrected chi connectivity index (χ1v) is 11.7. The lowest BCUT2D eigenvalue weighted by atomic mass is 10.0. The largest absolute Gasteiger partial charge is 0.416 e. The fraction of sp³-hybridized carbons (Fsp3) is 0.308. The van der Waals surface area contributed by atoms with Crippen LogP contribution in [0.15, 0.2) is 65.5 Å². The molecule has 1 fully saturated rings. The zero-order valence-corrected chi connectivity index (χ0v) is 19.9. The highest BCUT2D eigenvalue weighted by Crippen LogP contribution is 2.30. The van der Waals surface area contributed by atoms with Gasteiger partial charge in [-0.2, -0.15) is 13.2 Å². The molecule has 35 heavy (non-hydrogen) atoms. The van der Waals surface area contributed by atoms with Gasteiger partial charge in [-0.1, -0.05) is 29.8 Å². The number of benzene rings is 2. The molecule has 1 saturated heterocycles. The second kappa shape index (κ2) is 10.3. The number of alkyl halides is 3. The number of pyridine rings is 1. The first kappa shape index (κ1) is 25.0. The van der Waals surface area contributed by atoms with Crippen LogP contribution in [0, 0.1) is 6.92 Å². The Kier molecular flexibility index (Phi) is 7.33. The first-order chi connectivity index (χ1) is 16.6. The number of hydrogen-bond acceptors (Lipinski definition) is 3. The molecule has 3 aromatic rings. The van der Waals surface area contributed by atoms with Crippen molar-refractivity contribution in [3.63, 3.8) is 0 Å². The quantitative estimate of drug-likeness (QED) is 0.520. The van der Waals surface area contributed by atoms with E-state index in [4.69, 9.17) is 11.6 Å². The lowest BCUT2D eigenvalue weighted by molar-refractivity contribution is -0.137. The molecule has 0 saturated carbocycles. The highest BCUT2D eigenvalue weighted by Gasteiger charge is 2.31. The van der Waals surface area contributed by atoms with Crippen LogP contribution in [0.1, 0.15) is 40.0 Å². The maximum atomic E-state index is 13.2. The summed E-state index contributed by atoms with van der Waals surface area (Å²) in [4.78, 5) is 28.3. The van der Waals surface area contributed by atoms with Crippen molar-refractivity contribution < 1.29 is 18.0 Å². The molecule has 1 aliphatic rings. The summed E-state index contributed by atoms with van der Waals surface area (Å²) in [5.74, 6) is -0.521. The predicted octanol–water partition coefficient (Wildman–Crippen LogP) is 5.21. The number of aryl methyl sites for hydroxylation is 1. The van der Waals surface area contributed by atoms with E-state index in [9.17, 15) is 22.8 Å². The molecular weight excluding hydrogens is 479 g/mol. The zero-order valence-electron chi connectivity index (χ0n) is 19.1. The molecule has 0 aliphatic carbocycles. The normalized spacial score (nSPS) is 15.2. The molecule has 1 N–H and O–H groups in total. The Balaban J connectivity index is 1.44. The number of likely N-dealkylation sites (tertiary alicyclic amines) is 1. The van der Waals surface area contributed by atoms with Crippen molar-refractivity contribution in [2.75, 3.05) is 13.1 Å². The molecule has 9 heteroatoms. The van der Waals surface area contributed by atoms with Crippen molar-refractivity contribution in [2.24, 2.45) is 0 Å². The summed E-state index contributed by atoms with van der Waals surface area (Å²) in [5, 5.41) is 3.62. The van der Waals surface area contributed by atoms with Crippen LogP contribution in [-0.2, 0) is 12.7 Å². The van der Waals surface area contributed by atoms with Gasteiger partial charge >= 0.3 is 6.18 Å². The molecule has 2 aromatic carbocycles. The number of aromatic nitrogens is 1. The van der Waals surface area contributed by atoms with E-state index in [1.807, 2.05) is 24.3 Å². The van der Waals surface area contributed by atoms with E-state index in [0.29, 0.717) is 10.7 Å². The van der Waals surface area contributed by atoms with E-state index in [-0.39, 0.29) is 17.3 Å². The maximum absolute atomic E-state index is 13.2. The van der Waals surface area contributed by atoms with Gasteiger partial charge in [0.15, 0.2) is 0 Å². The summed E-state index contributed by atoms with van der Waals surface area (Å²) in [5.41, 5.74) is 0.0423. The van der Waals surface area contributed by atoms with Gasteiger partial charge < -0.3 is 5.32 Å². The predicted molar refractivity (Wildman–Crippen MR) is 129 cm³/mol. The van der Waals surface area contributed by atoms with Gasteiger partial charge in [0.05, 0.1) is 5.56 Å². The van der Waals surface area contributed by atoms with E-state index < -0.39 is 23.2 Å². The highest BCUT2D eigenvalue weighted by molar-refractivity contribution is 6.30. The molecule has 5 nitrogen and oxygen atoms in total. The molecule has 2 heterocycles. The number of nitrogens with zero attached hydrogens (tertiary/aromatic N) is 2. The first-order valence-electron chi connectivity index (χ1n) is 11.3. The number of amides is 1. The van der Waals surface area contributed by atoms with Crippen molar-refractivity contribution in [3.05, 3.63) is 98.4 Å². The number of rotatable bonds is 5. The van der Waals surface area contributed by atoms with Gasteiger partial charge in [-0.25, -0.2) is 0 Å². The van der Waals surface area contributed by atoms with Crippen molar-refractivity contribution >= 4 is 17.5 Å². The fourth-order valence-corrected chi connectivity index (χ4v) is 4.42. The molecule has 4 rings (SSSR count). The molecule has 0 radical (unpaired) electrons. The van der Waals surface area contributed by atoms with E-state index >= 15 is 0 Å². The van der Waals surface area contributed by atoms with Crippen LogP contribution in [0.25, 0.3) is 5.69 Å². The van der Waals surface area contributed by atoms with E-state index in [1.54, 1.807) is 13.0 Å². The van der Waals surface area contributed by atoms with Crippen molar-refractivity contribution in [2.45, 2.75) is 38.5 Å². The van der Waals surface area contributed by atoms with Crippen LogP contribution in [0.4, 0.5) is 13.2 Å².